The molecule has 0 aliphatic carbocycles. The predicted molar refractivity (Wildman–Crippen MR) is 92.3 cm³/mol. The second-order valence-electron chi connectivity index (χ2n) is 5.00. The van der Waals surface area contributed by atoms with Crippen LogP contribution >= 0.6 is 38.9 Å². The highest BCUT2D eigenvalue weighted by Gasteiger charge is 2.15. The van der Waals surface area contributed by atoms with Crippen molar-refractivity contribution in [2.24, 2.45) is 0 Å². The van der Waals surface area contributed by atoms with Gasteiger partial charge >= 0.3 is 0 Å². The van der Waals surface area contributed by atoms with Crippen LogP contribution in [-0.2, 0) is 13.0 Å². The molecule has 0 fully saturated rings. The van der Waals surface area contributed by atoms with Gasteiger partial charge in [0, 0.05) is 28.5 Å². The number of hydrogen-bond donors (Lipinski definition) is 0. The molecular weight excluding hydrogens is 370 g/mol. The minimum Gasteiger partial charge on any atom is -0.326 e. The number of imidazole rings is 1. The molecule has 21 heavy (non-hydrogen) atoms. The van der Waals surface area contributed by atoms with Gasteiger partial charge in [-0.25, -0.2) is 9.97 Å². The fourth-order valence-corrected chi connectivity index (χ4v) is 3.67. The standard InChI is InChI=1S/C15H15BrClN3S/c1-9-8-21-14(18-9)5-6-20-13-4-3-11(16)7-12(13)19-15(20)10(2)17/h3-4,7-8,10H,5-6H2,1-2H3. The van der Waals surface area contributed by atoms with E-state index in [4.69, 9.17) is 11.6 Å². The number of alkyl halides is 1. The number of halogens is 2. The highest BCUT2D eigenvalue weighted by Crippen LogP contribution is 2.27. The number of benzene rings is 1. The van der Waals surface area contributed by atoms with Crippen LogP contribution in [0.5, 0.6) is 0 Å². The van der Waals surface area contributed by atoms with Crippen LogP contribution in [0.15, 0.2) is 28.1 Å². The van der Waals surface area contributed by atoms with E-state index in [-0.39, 0.29) is 5.38 Å². The van der Waals surface area contributed by atoms with Crippen molar-refractivity contribution >= 4 is 49.9 Å². The molecule has 2 aromatic heterocycles. The Morgan fingerprint density at radius 3 is 2.86 bits per heavy atom. The van der Waals surface area contributed by atoms with Crippen molar-refractivity contribution in [2.45, 2.75) is 32.2 Å². The lowest BCUT2D eigenvalue weighted by molar-refractivity contribution is 0.666. The number of aromatic nitrogens is 3. The van der Waals surface area contributed by atoms with Gasteiger partial charge in [-0.2, -0.15) is 0 Å². The van der Waals surface area contributed by atoms with Gasteiger partial charge in [-0.05, 0) is 32.0 Å². The van der Waals surface area contributed by atoms with E-state index < -0.39 is 0 Å². The molecule has 0 aliphatic rings. The Morgan fingerprint density at radius 1 is 1.38 bits per heavy atom. The number of thiazole rings is 1. The third kappa shape index (κ3) is 3.15. The van der Waals surface area contributed by atoms with Crippen molar-refractivity contribution in [1.29, 1.82) is 0 Å². The first-order chi connectivity index (χ1) is 10.0. The number of hydrogen-bond acceptors (Lipinski definition) is 3. The van der Waals surface area contributed by atoms with E-state index in [0.29, 0.717) is 0 Å². The number of aryl methyl sites for hydroxylation is 3. The first-order valence-electron chi connectivity index (χ1n) is 6.75. The fraction of sp³-hybridized carbons (Fsp3) is 0.333. The van der Waals surface area contributed by atoms with Crippen LogP contribution in [0.4, 0.5) is 0 Å². The topological polar surface area (TPSA) is 30.7 Å². The normalized spacial score (nSPS) is 13.0. The zero-order valence-electron chi connectivity index (χ0n) is 11.8. The lowest BCUT2D eigenvalue weighted by Gasteiger charge is -2.09. The molecule has 0 radical (unpaired) electrons. The Balaban J connectivity index is 1.97. The van der Waals surface area contributed by atoms with Crippen molar-refractivity contribution in [3.63, 3.8) is 0 Å². The number of nitrogens with zero attached hydrogens (tertiary/aromatic N) is 3. The summed E-state index contributed by atoms with van der Waals surface area (Å²) >= 11 is 11.5. The second-order valence-corrected chi connectivity index (χ2v) is 7.52. The number of rotatable bonds is 4. The third-order valence-corrected chi connectivity index (χ3v) is 5.03. The summed E-state index contributed by atoms with van der Waals surface area (Å²) < 4.78 is 3.24. The first kappa shape index (κ1) is 15.0. The van der Waals surface area contributed by atoms with Gasteiger partial charge in [-0.15, -0.1) is 22.9 Å². The van der Waals surface area contributed by atoms with Crippen LogP contribution in [0.1, 0.15) is 28.8 Å². The molecule has 0 saturated carbocycles. The molecule has 110 valence electrons. The molecule has 3 rings (SSSR count). The smallest absolute Gasteiger partial charge is 0.127 e. The molecule has 0 N–H and O–H groups in total. The van der Waals surface area contributed by atoms with Gasteiger partial charge in [-0.3, -0.25) is 0 Å². The summed E-state index contributed by atoms with van der Waals surface area (Å²) in [6.45, 7) is 4.83. The molecule has 2 heterocycles. The van der Waals surface area contributed by atoms with Crippen LogP contribution in [0.3, 0.4) is 0 Å². The van der Waals surface area contributed by atoms with Crippen molar-refractivity contribution < 1.29 is 0 Å². The van der Waals surface area contributed by atoms with Gasteiger partial charge in [0.2, 0.25) is 0 Å². The van der Waals surface area contributed by atoms with Gasteiger partial charge in [0.15, 0.2) is 0 Å². The van der Waals surface area contributed by atoms with Crippen molar-refractivity contribution in [2.75, 3.05) is 0 Å². The minimum absolute atomic E-state index is 0.116. The number of fused-ring (bicyclic) bond motifs is 1. The van der Waals surface area contributed by atoms with Gasteiger partial charge < -0.3 is 4.57 Å². The molecule has 1 unspecified atom stereocenters. The van der Waals surface area contributed by atoms with E-state index in [1.54, 1.807) is 11.3 Å². The average Bonchev–Trinajstić information content (AvgIpc) is 2.99. The van der Waals surface area contributed by atoms with Crippen LogP contribution < -0.4 is 0 Å². The third-order valence-electron chi connectivity index (χ3n) is 3.31. The van der Waals surface area contributed by atoms with E-state index in [2.05, 4.69) is 41.9 Å². The Hall–Kier alpha value is -0.910. The molecule has 0 aliphatic heterocycles. The van der Waals surface area contributed by atoms with Crippen LogP contribution in [0, 0.1) is 6.92 Å². The lowest BCUT2D eigenvalue weighted by atomic mass is 10.3. The largest absolute Gasteiger partial charge is 0.326 e. The molecule has 1 aromatic carbocycles. The van der Waals surface area contributed by atoms with Crippen LogP contribution in [-0.4, -0.2) is 14.5 Å². The zero-order valence-corrected chi connectivity index (χ0v) is 15.0. The summed E-state index contributed by atoms with van der Waals surface area (Å²) in [5.74, 6) is 0.915. The van der Waals surface area contributed by atoms with Gasteiger partial charge in [0.05, 0.1) is 21.4 Å². The Bertz CT molecular complexity index is 778. The Kier molecular flexibility index (Phi) is 4.33. The second kappa shape index (κ2) is 6.07. The SMILES string of the molecule is Cc1csc(CCn2c(C(C)Cl)nc3cc(Br)ccc32)n1. The summed E-state index contributed by atoms with van der Waals surface area (Å²) in [6.07, 6.45) is 0.899. The van der Waals surface area contributed by atoms with Crippen LogP contribution in [0.2, 0.25) is 0 Å². The molecule has 3 aromatic rings. The molecular formula is C15H15BrClN3S. The van der Waals surface area contributed by atoms with Gasteiger partial charge in [0.1, 0.15) is 5.82 Å². The van der Waals surface area contributed by atoms with E-state index >= 15 is 0 Å². The monoisotopic (exact) mass is 383 g/mol. The van der Waals surface area contributed by atoms with E-state index in [1.165, 1.54) is 0 Å². The molecule has 1 atom stereocenters. The Morgan fingerprint density at radius 2 is 2.19 bits per heavy atom. The summed E-state index contributed by atoms with van der Waals surface area (Å²) in [5.41, 5.74) is 3.18. The minimum atomic E-state index is -0.116. The van der Waals surface area contributed by atoms with Gasteiger partial charge in [-0.1, -0.05) is 15.9 Å². The molecule has 0 amide bonds. The molecule has 0 bridgehead atoms. The maximum absolute atomic E-state index is 6.30. The average molecular weight is 385 g/mol. The van der Waals surface area contributed by atoms with E-state index in [0.717, 1.165) is 45.0 Å². The summed E-state index contributed by atoms with van der Waals surface area (Å²) in [4.78, 5) is 9.20. The van der Waals surface area contributed by atoms with Crippen molar-refractivity contribution in [1.82, 2.24) is 14.5 Å². The highest BCUT2D eigenvalue weighted by molar-refractivity contribution is 9.10. The van der Waals surface area contributed by atoms with E-state index in [1.807, 2.05) is 26.0 Å². The quantitative estimate of drug-likeness (QED) is 0.585. The predicted octanol–water partition coefficient (Wildman–Crippen LogP) is 5.11. The van der Waals surface area contributed by atoms with Gasteiger partial charge in [0.25, 0.3) is 0 Å². The highest BCUT2D eigenvalue weighted by atomic mass is 79.9. The summed E-state index contributed by atoms with van der Waals surface area (Å²) in [6, 6.07) is 6.15. The maximum Gasteiger partial charge on any atom is 0.127 e. The maximum atomic E-state index is 6.30. The molecule has 6 heteroatoms. The molecule has 3 nitrogen and oxygen atoms in total. The molecule has 0 spiro atoms. The van der Waals surface area contributed by atoms with Crippen molar-refractivity contribution in [3.05, 3.63) is 44.6 Å². The summed E-state index contributed by atoms with van der Waals surface area (Å²) in [7, 11) is 0. The van der Waals surface area contributed by atoms with E-state index in [9.17, 15) is 0 Å². The lowest BCUT2D eigenvalue weighted by Crippen LogP contribution is -2.06. The van der Waals surface area contributed by atoms with Crippen molar-refractivity contribution in [3.8, 4) is 0 Å². The zero-order chi connectivity index (χ0) is 15.0. The van der Waals surface area contributed by atoms with Crippen LogP contribution in [0.25, 0.3) is 11.0 Å². The summed E-state index contributed by atoms with van der Waals surface area (Å²) in [5, 5.41) is 3.12. The fourth-order valence-electron chi connectivity index (χ4n) is 2.39. The molecule has 0 saturated heterocycles. The first-order valence-corrected chi connectivity index (χ1v) is 8.86. The Labute approximate surface area is 141 Å².